The summed E-state index contributed by atoms with van der Waals surface area (Å²) in [5, 5.41) is 12.6. The zero-order valence-corrected chi connectivity index (χ0v) is 11.3. The molecule has 0 aromatic carbocycles. The summed E-state index contributed by atoms with van der Waals surface area (Å²) in [4.78, 5) is 15.2. The van der Waals surface area contributed by atoms with Crippen molar-refractivity contribution < 1.29 is 9.90 Å². The number of pyridine rings is 1. The van der Waals surface area contributed by atoms with Crippen molar-refractivity contribution in [3.05, 3.63) is 22.8 Å². The molecule has 5 heteroatoms. The van der Waals surface area contributed by atoms with Gasteiger partial charge in [-0.25, -0.2) is 9.78 Å². The average molecular weight is 269 g/mol. The first kappa shape index (κ1) is 13.1. The van der Waals surface area contributed by atoms with Crippen LogP contribution in [0.1, 0.15) is 43.5 Å². The summed E-state index contributed by atoms with van der Waals surface area (Å²) in [5.41, 5.74) is 0.476. The maximum atomic E-state index is 11.1. The van der Waals surface area contributed by atoms with Gasteiger partial charge in [0.25, 0.3) is 0 Å². The third-order valence-corrected chi connectivity index (χ3v) is 3.61. The summed E-state index contributed by atoms with van der Waals surface area (Å²) in [6, 6.07) is 3.25. The van der Waals surface area contributed by atoms with E-state index >= 15 is 0 Å². The Morgan fingerprint density at radius 1 is 1.56 bits per heavy atom. The van der Waals surface area contributed by atoms with Gasteiger partial charge in [0, 0.05) is 6.04 Å². The highest BCUT2D eigenvalue weighted by Gasteiger charge is 2.31. The van der Waals surface area contributed by atoms with Crippen LogP contribution >= 0.6 is 11.6 Å². The number of hydrogen-bond donors (Lipinski definition) is 2. The molecule has 0 bridgehead atoms. The number of carboxylic acids is 1. The molecular weight excluding hydrogens is 252 g/mol. The lowest BCUT2D eigenvalue weighted by Gasteiger charge is -2.19. The van der Waals surface area contributed by atoms with Crippen molar-refractivity contribution in [2.24, 2.45) is 5.41 Å². The largest absolute Gasteiger partial charge is 0.478 e. The molecule has 18 heavy (non-hydrogen) atoms. The smallest absolute Gasteiger partial charge is 0.339 e. The molecule has 98 valence electrons. The fourth-order valence-electron chi connectivity index (χ4n) is 2.47. The molecule has 0 spiro atoms. The number of anilines is 1. The van der Waals surface area contributed by atoms with Gasteiger partial charge in [-0.05, 0) is 36.8 Å². The third-order valence-electron chi connectivity index (χ3n) is 3.40. The monoisotopic (exact) mass is 268 g/mol. The molecule has 2 N–H and O–H groups in total. The van der Waals surface area contributed by atoms with Crippen molar-refractivity contribution in [3.63, 3.8) is 0 Å². The Morgan fingerprint density at radius 3 is 2.83 bits per heavy atom. The number of carbonyl (C=O) groups is 1. The number of nitrogens with zero attached hydrogens (tertiary/aromatic N) is 1. The SMILES string of the molecule is CC1(C)CCC(Nc2nc(Cl)ccc2C(=O)O)C1. The molecule has 4 nitrogen and oxygen atoms in total. The molecule has 0 saturated heterocycles. The first-order valence-electron chi connectivity index (χ1n) is 6.04. The Bertz CT molecular complexity index is 474. The number of hydrogen-bond acceptors (Lipinski definition) is 3. The van der Waals surface area contributed by atoms with Crippen LogP contribution in [0.5, 0.6) is 0 Å². The molecule has 1 heterocycles. The molecule has 1 aliphatic rings. The van der Waals surface area contributed by atoms with Crippen molar-refractivity contribution in [3.8, 4) is 0 Å². The minimum absolute atomic E-state index is 0.170. The predicted molar refractivity (Wildman–Crippen MR) is 71.2 cm³/mol. The molecule has 0 aliphatic heterocycles. The lowest BCUT2D eigenvalue weighted by molar-refractivity contribution is 0.0697. The molecule has 1 aromatic heterocycles. The molecule has 1 atom stereocenters. The van der Waals surface area contributed by atoms with Crippen LogP contribution in [0, 0.1) is 5.41 Å². The highest BCUT2D eigenvalue weighted by atomic mass is 35.5. The summed E-state index contributed by atoms with van der Waals surface area (Å²) in [6.07, 6.45) is 3.17. The van der Waals surface area contributed by atoms with Gasteiger partial charge in [0.05, 0.1) is 0 Å². The maximum Gasteiger partial charge on any atom is 0.339 e. The second-order valence-corrected chi connectivity index (χ2v) is 5.97. The van der Waals surface area contributed by atoms with Crippen molar-refractivity contribution in [1.29, 1.82) is 0 Å². The first-order chi connectivity index (χ1) is 8.37. The van der Waals surface area contributed by atoms with E-state index < -0.39 is 5.97 Å². The van der Waals surface area contributed by atoms with E-state index in [1.54, 1.807) is 0 Å². The van der Waals surface area contributed by atoms with E-state index in [0.717, 1.165) is 19.3 Å². The molecule has 1 saturated carbocycles. The van der Waals surface area contributed by atoms with Crippen LogP contribution in [0.4, 0.5) is 5.82 Å². The molecule has 1 unspecified atom stereocenters. The molecule has 0 amide bonds. The summed E-state index contributed by atoms with van der Waals surface area (Å²) in [6.45, 7) is 4.44. The normalized spacial score (nSPS) is 21.8. The summed E-state index contributed by atoms with van der Waals surface area (Å²) < 4.78 is 0. The van der Waals surface area contributed by atoms with Crippen LogP contribution in [0.15, 0.2) is 12.1 Å². The molecule has 1 aliphatic carbocycles. The van der Waals surface area contributed by atoms with E-state index in [0.29, 0.717) is 16.4 Å². The predicted octanol–water partition coefficient (Wildman–Crippen LogP) is 3.42. The van der Waals surface area contributed by atoms with Crippen molar-refractivity contribution >= 4 is 23.4 Å². The van der Waals surface area contributed by atoms with Crippen molar-refractivity contribution in [2.75, 3.05) is 5.32 Å². The Morgan fingerprint density at radius 2 is 2.28 bits per heavy atom. The second-order valence-electron chi connectivity index (χ2n) is 5.58. The number of aromatic carboxylic acids is 1. The maximum absolute atomic E-state index is 11.1. The van der Waals surface area contributed by atoms with Crippen LogP contribution in [0.25, 0.3) is 0 Å². The van der Waals surface area contributed by atoms with Gasteiger partial charge < -0.3 is 10.4 Å². The van der Waals surface area contributed by atoms with Crippen LogP contribution in [0.2, 0.25) is 5.15 Å². The highest BCUT2D eigenvalue weighted by molar-refractivity contribution is 6.29. The fourth-order valence-corrected chi connectivity index (χ4v) is 2.62. The van der Waals surface area contributed by atoms with E-state index in [-0.39, 0.29) is 11.6 Å². The van der Waals surface area contributed by atoms with E-state index in [4.69, 9.17) is 16.7 Å². The van der Waals surface area contributed by atoms with E-state index in [2.05, 4.69) is 24.1 Å². The van der Waals surface area contributed by atoms with E-state index in [1.165, 1.54) is 12.1 Å². The minimum Gasteiger partial charge on any atom is -0.478 e. The molecule has 1 aromatic rings. The van der Waals surface area contributed by atoms with Gasteiger partial charge in [0.1, 0.15) is 16.5 Å². The van der Waals surface area contributed by atoms with Crippen molar-refractivity contribution in [1.82, 2.24) is 4.98 Å². The number of carboxylic acid groups (broad SMARTS) is 1. The lowest BCUT2D eigenvalue weighted by Crippen LogP contribution is -2.20. The number of aromatic nitrogens is 1. The molecule has 1 fully saturated rings. The van der Waals surface area contributed by atoms with Gasteiger partial charge in [0.15, 0.2) is 0 Å². The van der Waals surface area contributed by atoms with Crippen molar-refractivity contribution in [2.45, 2.75) is 39.2 Å². The summed E-state index contributed by atoms with van der Waals surface area (Å²) >= 11 is 5.82. The van der Waals surface area contributed by atoms with E-state index in [9.17, 15) is 4.79 Å². The zero-order chi connectivity index (χ0) is 13.3. The molecular formula is C13H17ClN2O2. The average Bonchev–Trinajstić information content (AvgIpc) is 2.57. The van der Waals surface area contributed by atoms with Crippen LogP contribution in [-0.4, -0.2) is 22.1 Å². The summed E-state index contributed by atoms with van der Waals surface area (Å²) in [7, 11) is 0. The number of halogens is 1. The molecule has 2 rings (SSSR count). The minimum atomic E-state index is -0.987. The quantitative estimate of drug-likeness (QED) is 0.825. The highest BCUT2D eigenvalue weighted by Crippen LogP contribution is 2.38. The lowest BCUT2D eigenvalue weighted by atomic mass is 9.92. The Labute approximate surface area is 111 Å². The second kappa shape index (κ2) is 4.76. The van der Waals surface area contributed by atoms with Gasteiger partial charge in [-0.1, -0.05) is 25.4 Å². The molecule has 0 radical (unpaired) electrons. The fraction of sp³-hybridized carbons (Fsp3) is 0.538. The van der Waals surface area contributed by atoms with E-state index in [1.807, 2.05) is 0 Å². The Balaban J connectivity index is 2.18. The van der Waals surface area contributed by atoms with Gasteiger partial charge in [-0.2, -0.15) is 0 Å². The van der Waals surface area contributed by atoms with Crippen LogP contribution in [-0.2, 0) is 0 Å². The number of rotatable bonds is 3. The first-order valence-corrected chi connectivity index (χ1v) is 6.41. The zero-order valence-electron chi connectivity index (χ0n) is 10.5. The Hall–Kier alpha value is -1.29. The van der Waals surface area contributed by atoms with Gasteiger partial charge in [-0.3, -0.25) is 0 Å². The third kappa shape index (κ3) is 2.93. The number of nitrogens with one attached hydrogen (secondary N) is 1. The van der Waals surface area contributed by atoms with Gasteiger partial charge in [0.2, 0.25) is 0 Å². The Kier molecular flexibility index (Phi) is 3.48. The standard InChI is InChI=1S/C13H17ClN2O2/c1-13(2)6-5-8(7-13)15-11-9(12(17)18)3-4-10(14)16-11/h3-4,8H,5-7H2,1-2H3,(H,15,16)(H,17,18). The van der Waals surface area contributed by atoms with Gasteiger partial charge >= 0.3 is 5.97 Å². The summed E-state index contributed by atoms with van der Waals surface area (Å²) in [5.74, 6) is -0.614. The van der Waals surface area contributed by atoms with Crippen LogP contribution < -0.4 is 5.32 Å². The van der Waals surface area contributed by atoms with Gasteiger partial charge in [-0.15, -0.1) is 0 Å². The van der Waals surface area contributed by atoms with Crippen LogP contribution in [0.3, 0.4) is 0 Å². The topological polar surface area (TPSA) is 62.2 Å².